The Labute approximate surface area is 64.4 Å². The van der Waals surface area contributed by atoms with Crippen LogP contribution in [0, 0.1) is 0 Å². The maximum Gasteiger partial charge on any atom is 0.352 e. The molecule has 0 bridgehead atoms. The fraction of sp³-hybridized carbons (Fsp3) is 0.125. The molecule has 2 N–H and O–H groups in total. The Balaban J connectivity index is 2.90. The van der Waals surface area contributed by atoms with E-state index >= 15 is 0 Å². The Morgan fingerprint density at radius 3 is 2.91 bits per heavy atom. The average molecular weight is 151 g/mol. The summed E-state index contributed by atoms with van der Waals surface area (Å²) >= 11 is 0. The van der Waals surface area contributed by atoms with E-state index < -0.39 is 5.97 Å². The Bertz CT molecular complexity index is 286. The summed E-state index contributed by atoms with van der Waals surface area (Å²) in [5.74, 6) is -0.930. The zero-order chi connectivity index (χ0) is 8.27. The van der Waals surface area contributed by atoms with Gasteiger partial charge in [-0.25, -0.2) is 4.79 Å². The third-order valence-corrected chi connectivity index (χ3v) is 1.29. The van der Waals surface area contributed by atoms with E-state index in [0.717, 1.165) is 5.56 Å². The molecule has 0 unspecified atom stereocenters. The Hall–Kier alpha value is -1.51. The summed E-state index contributed by atoms with van der Waals surface area (Å²) < 4.78 is 0. The van der Waals surface area contributed by atoms with Crippen molar-refractivity contribution in [3.8, 4) is 0 Å². The monoisotopic (exact) mass is 151 g/mol. The molecule has 58 valence electrons. The van der Waals surface area contributed by atoms with Gasteiger partial charge in [-0.2, -0.15) is 0 Å². The van der Waals surface area contributed by atoms with Gasteiger partial charge in [0.25, 0.3) is 0 Å². The van der Waals surface area contributed by atoms with Crippen molar-refractivity contribution in [2.75, 3.05) is 0 Å². The maximum atomic E-state index is 10.4. The molecule has 0 fully saturated rings. The van der Waals surface area contributed by atoms with E-state index in [9.17, 15) is 4.79 Å². The lowest BCUT2D eigenvalue weighted by Gasteiger charge is -1.81. The Morgan fingerprint density at radius 2 is 2.45 bits per heavy atom. The number of carbonyl (C=O) groups is 1. The molecule has 1 aromatic heterocycles. The van der Waals surface area contributed by atoms with Crippen LogP contribution in [0.3, 0.4) is 0 Å². The third-order valence-electron chi connectivity index (χ3n) is 1.29. The van der Waals surface area contributed by atoms with Crippen LogP contribution in [-0.2, 0) is 0 Å². The highest BCUT2D eigenvalue weighted by Crippen LogP contribution is 2.04. The largest absolute Gasteiger partial charge is 0.477 e. The van der Waals surface area contributed by atoms with E-state index in [0.29, 0.717) is 0 Å². The molecule has 0 amide bonds. The van der Waals surface area contributed by atoms with E-state index in [1.807, 2.05) is 19.1 Å². The molecule has 0 aliphatic carbocycles. The second-order valence-electron chi connectivity index (χ2n) is 2.15. The van der Waals surface area contributed by atoms with Crippen LogP contribution < -0.4 is 0 Å². The van der Waals surface area contributed by atoms with Crippen LogP contribution in [0.25, 0.3) is 6.08 Å². The van der Waals surface area contributed by atoms with Crippen molar-refractivity contribution >= 4 is 12.0 Å². The number of aromatic carboxylic acids is 1. The lowest BCUT2D eigenvalue weighted by atomic mass is 10.3. The van der Waals surface area contributed by atoms with Crippen LogP contribution in [0.1, 0.15) is 23.0 Å². The summed E-state index contributed by atoms with van der Waals surface area (Å²) in [4.78, 5) is 13.0. The van der Waals surface area contributed by atoms with Gasteiger partial charge in [0.2, 0.25) is 0 Å². The molecule has 0 aliphatic rings. The molecular formula is C8H9NO2. The van der Waals surface area contributed by atoms with Crippen molar-refractivity contribution in [2.24, 2.45) is 0 Å². The zero-order valence-corrected chi connectivity index (χ0v) is 6.16. The first kappa shape index (κ1) is 7.60. The summed E-state index contributed by atoms with van der Waals surface area (Å²) in [6, 6.07) is 1.59. The highest BCUT2D eigenvalue weighted by Gasteiger charge is 2.02. The first-order chi connectivity index (χ1) is 5.24. The number of nitrogens with one attached hydrogen (secondary N) is 1. The van der Waals surface area contributed by atoms with Gasteiger partial charge in [0.15, 0.2) is 0 Å². The minimum absolute atomic E-state index is 0.220. The zero-order valence-electron chi connectivity index (χ0n) is 6.16. The van der Waals surface area contributed by atoms with Gasteiger partial charge in [0, 0.05) is 6.20 Å². The number of carboxylic acids is 1. The highest BCUT2D eigenvalue weighted by molar-refractivity contribution is 5.86. The van der Waals surface area contributed by atoms with Crippen molar-refractivity contribution in [2.45, 2.75) is 6.92 Å². The molecule has 3 nitrogen and oxygen atoms in total. The van der Waals surface area contributed by atoms with E-state index in [2.05, 4.69) is 4.98 Å². The van der Waals surface area contributed by atoms with E-state index in [1.165, 1.54) is 0 Å². The molecule has 1 rings (SSSR count). The molecule has 3 heteroatoms. The quantitative estimate of drug-likeness (QED) is 0.676. The molecular weight excluding hydrogens is 142 g/mol. The lowest BCUT2D eigenvalue weighted by Crippen LogP contribution is -1.94. The predicted molar refractivity (Wildman–Crippen MR) is 42.5 cm³/mol. The number of hydrogen-bond donors (Lipinski definition) is 2. The standard InChI is InChI=1S/C8H9NO2/c1-2-3-6-4-7(8(10)11)9-5-6/h2-5,9H,1H3,(H,10,11)/b3-2-. The van der Waals surface area contributed by atoms with E-state index in [4.69, 9.17) is 5.11 Å². The summed E-state index contributed by atoms with van der Waals surface area (Å²) in [5.41, 5.74) is 1.10. The Kier molecular flexibility index (Phi) is 2.11. The van der Waals surface area contributed by atoms with Crippen LogP contribution in [0.4, 0.5) is 0 Å². The van der Waals surface area contributed by atoms with Gasteiger partial charge in [-0.15, -0.1) is 0 Å². The summed E-state index contributed by atoms with van der Waals surface area (Å²) in [7, 11) is 0. The van der Waals surface area contributed by atoms with Crippen molar-refractivity contribution in [1.29, 1.82) is 0 Å². The predicted octanol–water partition coefficient (Wildman–Crippen LogP) is 1.75. The first-order valence-corrected chi connectivity index (χ1v) is 3.28. The number of aromatic nitrogens is 1. The van der Waals surface area contributed by atoms with Crippen molar-refractivity contribution in [1.82, 2.24) is 4.98 Å². The number of H-pyrrole nitrogens is 1. The third kappa shape index (κ3) is 1.70. The molecule has 0 aliphatic heterocycles. The van der Waals surface area contributed by atoms with E-state index in [-0.39, 0.29) is 5.69 Å². The maximum absolute atomic E-state index is 10.4. The normalized spacial score (nSPS) is 10.6. The van der Waals surface area contributed by atoms with Gasteiger partial charge >= 0.3 is 5.97 Å². The number of carboxylic acid groups (broad SMARTS) is 1. The van der Waals surface area contributed by atoms with Crippen LogP contribution in [0.2, 0.25) is 0 Å². The van der Waals surface area contributed by atoms with Gasteiger partial charge < -0.3 is 10.1 Å². The van der Waals surface area contributed by atoms with Gasteiger partial charge in [0.05, 0.1) is 0 Å². The molecule has 0 saturated carbocycles. The van der Waals surface area contributed by atoms with Crippen molar-refractivity contribution in [3.05, 3.63) is 29.6 Å². The molecule has 0 atom stereocenters. The van der Waals surface area contributed by atoms with Gasteiger partial charge in [-0.05, 0) is 18.6 Å². The average Bonchev–Trinajstić information content (AvgIpc) is 2.37. The second-order valence-corrected chi connectivity index (χ2v) is 2.15. The number of aromatic amines is 1. The fourth-order valence-corrected chi connectivity index (χ4v) is 0.823. The van der Waals surface area contributed by atoms with Crippen LogP contribution in [0.15, 0.2) is 18.3 Å². The summed E-state index contributed by atoms with van der Waals surface area (Å²) in [6.45, 7) is 1.88. The highest BCUT2D eigenvalue weighted by atomic mass is 16.4. The molecule has 0 saturated heterocycles. The number of hydrogen-bond acceptors (Lipinski definition) is 1. The minimum atomic E-state index is -0.930. The smallest absolute Gasteiger partial charge is 0.352 e. The number of allylic oxidation sites excluding steroid dienone is 1. The SMILES string of the molecule is C/C=C\c1c[nH]c(C(=O)O)c1. The number of rotatable bonds is 2. The second kappa shape index (κ2) is 3.05. The molecule has 0 spiro atoms. The Morgan fingerprint density at radius 1 is 1.73 bits per heavy atom. The molecule has 1 heterocycles. The molecule has 1 aromatic rings. The minimum Gasteiger partial charge on any atom is -0.477 e. The first-order valence-electron chi connectivity index (χ1n) is 3.28. The molecule has 11 heavy (non-hydrogen) atoms. The fourth-order valence-electron chi connectivity index (χ4n) is 0.823. The van der Waals surface area contributed by atoms with Gasteiger partial charge in [0.1, 0.15) is 5.69 Å². The lowest BCUT2D eigenvalue weighted by molar-refractivity contribution is 0.0691. The van der Waals surface area contributed by atoms with E-state index in [1.54, 1.807) is 12.3 Å². The molecule has 0 radical (unpaired) electrons. The van der Waals surface area contributed by atoms with Crippen LogP contribution in [0.5, 0.6) is 0 Å². The van der Waals surface area contributed by atoms with Crippen LogP contribution in [-0.4, -0.2) is 16.1 Å². The summed E-state index contributed by atoms with van der Waals surface area (Å²) in [6.07, 6.45) is 5.35. The summed E-state index contributed by atoms with van der Waals surface area (Å²) in [5, 5.41) is 8.51. The van der Waals surface area contributed by atoms with Crippen LogP contribution >= 0.6 is 0 Å². The molecule has 0 aromatic carbocycles. The van der Waals surface area contributed by atoms with Crippen molar-refractivity contribution in [3.63, 3.8) is 0 Å². The topological polar surface area (TPSA) is 53.1 Å². The van der Waals surface area contributed by atoms with Crippen molar-refractivity contribution < 1.29 is 9.90 Å². The van der Waals surface area contributed by atoms with Gasteiger partial charge in [-0.3, -0.25) is 0 Å². The van der Waals surface area contributed by atoms with Gasteiger partial charge in [-0.1, -0.05) is 12.2 Å².